The van der Waals surface area contributed by atoms with E-state index >= 15 is 0 Å². The van der Waals surface area contributed by atoms with Crippen molar-refractivity contribution in [1.29, 1.82) is 0 Å². The van der Waals surface area contributed by atoms with Gasteiger partial charge in [-0.25, -0.2) is 0 Å². The van der Waals surface area contributed by atoms with Crippen LogP contribution in [-0.2, 0) is 39.3 Å². The molecule has 0 unspecified atom stereocenters. The van der Waals surface area contributed by atoms with Crippen LogP contribution < -0.4 is 5.32 Å². The number of rotatable bonds is 10. The maximum atomic E-state index is 13.0. The van der Waals surface area contributed by atoms with Crippen LogP contribution in [0.2, 0.25) is 0 Å². The Morgan fingerprint density at radius 3 is 2.42 bits per heavy atom. The van der Waals surface area contributed by atoms with E-state index in [1.54, 1.807) is 18.1 Å². The number of thioether (sulfide) groups is 1. The highest BCUT2D eigenvalue weighted by atomic mass is 32.2. The van der Waals surface area contributed by atoms with E-state index in [0.29, 0.717) is 17.1 Å². The van der Waals surface area contributed by atoms with Gasteiger partial charge in [0.05, 0.1) is 18.8 Å². The van der Waals surface area contributed by atoms with Crippen molar-refractivity contribution in [2.45, 2.75) is 68.8 Å². The first-order chi connectivity index (χ1) is 24.0. The van der Waals surface area contributed by atoms with Crippen LogP contribution in [0.15, 0.2) is 84.3 Å². The van der Waals surface area contributed by atoms with E-state index in [4.69, 9.17) is 9.47 Å². The number of halogens is 3. The number of benzene rings is 3. The fourth-order valence-electron chi connectivity index (χ4n) is 6.32. The van der Waals surface area contributed by atoms with Crippen LogP contribution in [0.5, 0.6) is 0 Å². The lowest BCUT2D eigenvalue weighted by atomic mass is 9.91. The Labute approximate surface area is 292 Å². The zero-order chi connectivity index (χ0) is 35.4. The topological polar surface area (TPSA) is 119 Å². The van der Waals surface area contributed by atoms with Gasteiger partial charge in [0.1, 0.15) is 12.4 Å². The van der Waals surface area contributed by atoms with Crippen molar-refractivity contribution in [3.05, 3.63) is 101 Å². The van der Waals surface area contributed by atoms with Gasteiger partial charge in [0, 0.05) is 37.4 Å². The molecule has 4 aromatic rings. The highest BCUT2D eigenvalue weighted by molar-refractivity contribution is 7.99. The molecule has 0 saturated carbocycles. The lowest BCUT2D eigenvalue weighted by Gasteiger charge is -2.41. The van der Waals surface area contributed by atoms with E-state index in [2.05, 4.69) is 22.4 Å². The largest absolute Gasteiger partial charge is 0.471 e. The Morgan fingerprint density at radius 2 is 1.74 bits per heavy atom. The molecule has 3 heterocycles. The first kappa shape index (κ1) is 35.6. The number of alkyl halides is 3. The molecule has 50 heavy (non-hydrogen) atoms. The number of ether oxygens (including phenoxy) is 2. The van der Waals surface area contributed by atoms with E-state index in [1.807, 2.05) is 84.4 Å². The number of carbonyl (C=O) groups excluding carboxylic acids is 2. The predicted molar refractivity (Wildman–Crippen MR) is 179 cm³/mol. The molecular weight excluding hydrogens is 671 g/mol. The summed E-state index contributed by atoms with van der Waals surface area (Å²) < 4.78 is 54.0. The van der Waals surface area contributed by atoms with Crippen LogP contribution in [0.4, 0.5) is 13.2 Å². The minimum Gasteiger partial charge on any atom is -0.392 e. The van der Waals surface area contributed by atoms with Crippen molar-refractivity contribution < 1.29 is 37.3 Å². The highest BCUT2D eigenvalue weighted by Gasteiger charge is 2.47. The molecule has 6 rings (SSSR count). The third-order valence-electron chi connectivity index (χ3n) is 9.14. The summed E-state index contributed by atoms with van der Waals surface area (Å²) in [5.74, 6) is -1.94. The number of aliphatic hydroxyl groups excluding tert-OH is 1. The number of aryl methyl sites for hydroxylation is 1. The summed E-state index contributed by atoms with van der Waals surface area (Å²) >= 11 is 1.57. The Kier molecular flexibility index (Phi) is 10.9. The summed E-state index contributed by atoms with van der Waals surface area (Å²) in [6.07, 6.45) is -3.92. The van der Waals surface area contributed by atoms with Gasteiger partial charge < -0.3 is 29.4 Å². The van der Waals surface area contributed by atoms with Crippen molar-refractivity contribution >= 4 is 23.6 Å². The average Bonchev–Trinajstić information content (AvgIpc) is 3.79. The SMILES string of the molecule is C[C@@H]1[C@H](CSc2nncn2C)O[C@H](c2ccc(-c3cccc(CNC(=O)[C@@H]4CCCN4C(=O)C(F)(F)F)c3)cc2)O[C@@H]1c1ccc(CO)cc1. The third kappa shape index (κ3) is 8.04. The average molecular weight is 710 g/mol. The summed E-state index contributed by atoms with van der Waals surface area (Å²) in [5, 5.41) is 21.2. The minimum atomic E-state index is -5.02. The van der Waals surface area contributed by atoms with Crippen LogP contribution in [0.1, 0.15) is 54.4 Å². The molecule has 14 heteroatoms. The summed E-state index contributed by atoms with van der Waals surface area (Å²) in [5.41, 5.74) is 5.21. The molecule has 1 aromatic heterocycles. The molecule has 3 aromatic carbocycles. The maximum Gasteiger partial charge on any atom is 0.471 e. The number of aromatic nitrogens is 3. The summed E-state index contributed by atoms with van der Waals surface area (Å²) in [6.45, 7) is 2.07. The lowest BCUT2D eigenvalue weighted by Crippen LogP contribution is -2.50. The van der Waals surface area contributed by atoms with E-state index in [0.717, 1.165) is 38.5 Å². The molecule has 2 N–H and O–H groups in total. The van der Waals surface area contributed by atoms with Crippen molar-refractivity contribution in [3.8, 4) is 11.1 Å². The summed E-state index contributed by atoms with van der Waals surface area (Å²) in [7, 11) is 1.90. The van der Waals surface area contributed by atoms with Gasteiger partial charge in [0.25, 0.3) is 0 Å². The second-order valence-corrected chi connectivity index (χ2v) is 13.5. The second kappa shape index (κ2) is 15.3. The molecular formula is C36H38F3N5O5S. The number of carbonyl (C=O) groups is 2. The number of hydrogen-bond donors (Lipinski definition) is 2. The van der Waals surface area contributed by atoms with Crippen LogP contribution >= 0.6 is 11.8 Å². The summed E-state index contributed by atoms with van der Waals surface area (Å²) in [4.78, 5) is 25.2. The number of amides is 2. The Bertz CT molecular complexity index is 1790. The van der Waals surface area contributed by atoms with E-state index in [9.17, 15) is 27.9 Å². The van der Waals surface area contributed by atoms with Gasteiger partial charge in [0.2, 0.25) is 5.91 Å². The first-order valence-corrected chi connectivity index (χ1v) is 17.3. The molecule has 10 nitrogen and oxygen atoms in total. The monoisotopic (exact) mass is 709 g/mol. The van der Waals surface area contributed by atoms with Crippen molar-refractivity contribution in [2.75, 3.05) is 12.3 Å². The smallest absolute Gasteiger partial charge is 0.392 e. The fraction of sp³-hybridized carbons (Fsp3) is 0.389. The highest BCUT2D eigenvalue weighted by Crippen LogP contribution is 2.43. The predicted octanol–water partition coefficient (Wildman–Crippen LogP) is 5.73. The van der Waals surface area contributed by atoms with Gasteiger partial charge in [0.15, 0.2) is 11.4 Å². The van der Waals surface area contributed by atoms with Crippen LogP contribution in [0.25, 0.3) is 11.1 Å². The molecule has 0 aliphatic carbocycles. The molecule has 0 spiro atoms. The first-order valence-electron chi connectivity index (χ1n) is 16.3. The Morgan fingerprint density at radius 1 is 1.00 bits per heavy atom. The van der Waals surface area contributed by atoms with E-state index in [-0.39, 0.29) is 44.2 Å². The van der Waals surface area contributed by atoms with Crippen LogP contribution in [-0.4, -0.2) is 67.2 Å². The zero-order valence-corrected chi connectivity index (χ0v) is 28.4. The quantitative estimate of drug-likeness (QED) is 0.201. The van der Waals surface area contributed by atoms with E-state index < -0.39 is 30.3 Å². The normalized spacial score (nSPS) is 22.4. The maximum absolute atomic E-state index is 13.0. The number of aliphatic hydroxyl groups is 1. The standard InChI is InChI=1S/C36H38F3N5O5S/c1-22-30(20-50-35-42-41-21-43(35)2)48-33(49-31(22)26-10-8-23(19-45)9-11-26)27-14-12-25(13-15-27)28-6-3-5-24(17-28)18-40-32(46)29-7-4-16-44(29)34(47)36(37,38)39/h3,5-6,8-15,17,21-22,29-31,33,45H,4,7,16,18-20H2,1-2H3,(H,40,46)/t22-,29+,30+,31+,33+/m1/s1. The molecule has 5 atom stereocenters. The lowest BCUT2D eigenvalue weighted by molar-refractivity contribution is -0.268. The molecule has 2 aliphatic heterocycles. The molecule has 2 aliphatic rings. The van der Waals surface area contributed by atoms with E-state index in [1.165, 1.54) is 0 Å². The number of nitrogens with one attached hydrogen (secondary N) is 1. The van der Waals surface area contributed by atoms with Gasteiger partial charge >= 0.3 is 12.1 Å². The summed E-state index contributed by atoms with van der Waals surface area (Å²) in [6, 6.07) is 21.9. The van der Waals surface area contributed by atoms with Gasteiger partial charge in [-0.3, -0.25) is 9.59 Å². The minimum absolute atomic E-state index is 0.0105. The molecule has 264 valence electrons. The molecule has 2 saturated heterocycles. The second-order valence-electron chi connectivity index (χ2n) is 12.6. The molecule has 2 amide bonds. The molecule has 2 fully saturated rings. The van der Waals surface area contributed by atoms with Gasteiger partial charge in [-0.15, -0.1) is 10.2 Å². The number of hydrogen-bond acceptors (Lipinski definition) is 8. The van der Waals surface area contributed by atoms with Crippen molar-refractivity contribution in [1.82, 2.24) is 25.0 Å². The Hall–Kier alpha value is -4.24. The zero-order valence-electron chi connectivity index (χ0n) is 27.5. The number of nitrogens with zero attached hydrogens (tertiary/aromatic N) is 4. The van der Waals surface area contributed by atoms with Gasteiger partial charge in [-0.1, -0.05) is 85.4 Å². The molecule has 0 bridgehead atoms. The molecule has 0 radical (unpaired) electrons. The fourth-order valence-corrected chi connectivity index (χ4v) is 7.37. The van der Waals surface area contributed by atoms with Crippen molar-refractivity contribution in [2.24, 2.45) is 13.0 Å². The van der Waals surface area contributed by atoms with Gasteiger partial charge in [-0.2, -0.15) is 13.2 Å². The van der Waals surface area contributed by atoms with Gasteiger partial charge in [-0.05, 0) is 46.7 Å². The number of likely N-dealkylation sites (tertiary alicyclic amines) is 1. The van der Waals surface area contributed by atoms with Crippen LogP contribution in [0.3, 0.4) is 0 Å². The van der Waals surface area contributed by atoms with Crippen molar-refractivity contribution in [3.63, 3.8) is 0 Å². The van der Waals surface area contributed by atoms with Crippen LogP contribution in [0, 0.1) is 5.92 Å². The third-order valence-corrected chi connectivity index (χ3v) is 10.3. The Balaban J connectivity index is 1.14.